The van der Waals surface area contributed by atoms with Gasteiger partial charge in [-0.15, -0.1) is 0 Å². The Morgan fingerprint density at radius 3 is 0.471 bits per heavy atom. The molecule has 3 nitrogen and oxygen atoms in total. The van der Waals surface area contributed by atoms with Crippen LogP contribution in [0.2, 0.25) is 0 Å². The Bertz CT molecular complexity index is 96.8. The molecule has 0 aromatic heterocycles. The molecule has 0 fully saturated rings. The minimum absolute atomic E-state index is 0. The molecule has 0 rings (SSSR count). The second-order valence-corrected chi connectivity index (χ2v) is 6.51. The van der Waals surface area contributed by atoms with Crippen LogP contribution in [-0.2, 0) is 0 Å². The number of aliphatic hydroxyl groups is 3. The van der Waals surface area contributed by atoms with E-state index in [1.807, 2.05) is 0 Å². The second-order valence-electron chi connectivity index (χ2n) is 6.51. The summed E-state index contributed by atoms with van der Waals surface area (Å²) >= 11 is 0. The van der Waals surface area contributed by atoms with Crippen LogP contribution < -0.4 is 0 Å². The van der Waals surface area contributed by atoms with E-state index in [-0.39, 0.29) is 36.2 Å². The topological polar surface area (TPSA) is 60.7 Å². The quantitative estimate of drug-likeness (QED) is 0.563. The van der Waals surface area contributed by atoms with Gasteiger partial charge in [0.2, 0.25) is 0 Å². The predicted octanol–water partition coefficient (Wildman–Crippen LogP) is 0.767. The van der Waals surface area contributed by atoms with Crippen molar-refractivity contribution >= 4 is 36.2 Å². The molecule has 5 heteroatoms. The second kappa shape index (κ2) is 12.1. The van der Waals surface area contributed by atoms with Crippen LogP contribution in [0.3, 0.4) is 0 Å². The summed E-state index contributed by atoms with van der Waals surface area (Å²) in [6, 6.07) is 0. The molecule has 0 unspecified atom stereocenters. The summed E-state index contributed by atoms with van der Waals surface area (Å²) in [6.07, 6.45) is 0. The maximum Gasteiger partial charge on any atom is 0.187 e. The van der Waals surface area contributed by atoms with Gasteiger partial charge in [-0.1, -0.05) is 0 Å². The van der Waals surface area contributed by atoms with Crippen LogP contribution in [0.5, 0.6) is 0 Å². The Morgan fingerprint density at radius 2 is 0.471 bits per heavy atom. The van der Waals surface area contributed by atoms with Gasteiger partial charge in [0.05, 0.1) is 16.8 Å². The molecule has 0 amide bonds. The summed E-state index contributed by atoms with van der Waals surface area (Å²) < 4.78 is 0. The normalized spacial score (nSPS) is 10.6. The van der Waals surface area contributed by atoms with Crippen molar-refractivity contribution in [2.75, 3.05) is 0 Å². The summed E-state index contributed by atoms with van der Waals surface area (Å²) in [5, 5.41) is 25.6. The maximum absolute atomic E-state index is 8.52. The van der Waals surface area contributed by atoms with Gasteiger partial charge < -0.3 is 15.3 Å². The molecule has 0 aliphatic heterocycles. The molecule has 0 heterocycles. The first-order valence-electron chi connectivity index (χ1n) is 5.17. The number of rotatable bonds is 0. The van der Waals surface area contributed by atoms with Crippen LogP contribution in [-0.4, -0.2) is 68.3 Å². The fourth-order valence-corrected chi connectivity index (χ4v) is 0. The summed E-state index contributed by atoms with van der Waals surface area (Å²) in [7, 11) is 0. The molecule has 17 heavy (non-hydrogen) atoms. The van der Waals surface area contributed by atoms with E-state index in [0.717, 1.165) is 0 Å². The van der Waals surface area contributed by atoms with Crippen LogP contribution in [0.15, 0.2) is 0 Å². The van der Waals surface area contributed by atoms with Crippen LogP contribution in [0.4, 0.5) is 0 Å². The van der Waals surface area contributed by atoms with Crippen molar-refractivity contribution in [3.05, 3.63) is 0 Å². The summed E-state index contributed by atoms with van der Waals surface area (Å²) in [5.74, 6) is 0. The minimum atomic E-state index is -0.500. The van der Waals surface area contributed by atoms with Crippen molar-refractivity contribution in [3.8, 4) is 0 Å². The molecule has 103 valence electrons. The monoisotopic (exact) mass is 259 g/mol. The van der Waals surface area contributed by atoms with Crippen molar-refractivity contribution in [1.82, 2.24) is 0 Å². The van der Waals surface area contributed by atoms with Gasteiger partial charge in [-0.05, 0) is 62.3 Å². The molecule has 0 aromatic carbocycles. The summed E-state index contributed by atoms with van der Waals surface area (Å²) in [6.45, 7) is 15.7. The first-order valence-corrected chi connectivity index (χ1v) is 5.17. The summed E-state index contributed by atoms with van der Waals surface area (Å²) in [5.41, 5.74) is -1.50. The molecular formula is C12H33AlLiO3. The van der Waals surface area contributed by atoms with E-state index in [2.05, 4.69) is 0 Å². The minimum Gasteiger partial charge on any atom is -0.391 e. The zero-order valence-corrected chi connectivity index (χ0v) is 12.8. The fourth-order valence-electron chi connectivity index (χ4n) is 0. The van der Waals surface area contributed by atoms with E-state index >= 15 is 0 Å². The largest absolute Gasteiger partial charge is 0.391 e. The zero-order chi connectivity index (χ0) is 13.5. The van der Waals surface area contributed by atoms with Gasteiger partial charge in [0, 0.05) is 18.9 Å². The van der Waals surface area contributed by atoms with Gasteiger partial charge in [0.25, 0.3) is 0 Å². The Balaban J connectivity index is -0.0000000400. The molecule has 0 aromatic rings. The number of hydrogen-bond donors (Lipinski definition) is 3. The predicted molar refractivity (Wildman–Crippen MR) is 81.6 cm³/mol. The van der Waals surface area contributed by atoms with Crippen LogP contribution in [0.1, 0.15) is 62.3 Å². The average Bonchev–Trinajstić information content (AvgIpc) is 1.41. The van der Waals surface area contributed by atoms with Crippen molar-refractivity contribution in [3.63, 3.8) is 0 Å². The molecule has 0 aliphatic rings. The van der Waals surface area contributed by atoms with Crippen LogP contribution >= 0.6 is 0 Å². The SMILES string of the molecule is CC(C)(C)O.CC(C)(C)O.CC(C)(C)O.[AlH3].[Li]. The van der Waals surface area contributed by atoms with Crippen LogP contribution in [0.25, 0.3) is 0 Å². The molecular weight excluding hydrogens is 226 g/mol. The molecule has 0 aliphatic carbocycles. The Hall–Kier alpha value is 1.01. The Morgan fingerprint density at radius 1 is 0.471 bits per heavy atom. The Labute approximate surface area is 130 Å². The standard InChI is InChI=1S/3C4H10O.Al.Li.3H/c3*1-4(2,3)5;;;;;/h3*5H,1-3H3;;;;;. The van der Waals surface area contributed by atoms with Gasteiger partial charge >= 0.3 is 0 Å². The van der Waals surface area contributed by atoms with E-state index in [1.165, 1.54) is 0 Å². The molecule has 0 atom stereocenters. The molecule has 1 radical (unpaired) electrons. The van der Waals surface area contributed by atoms with Crippen molar-refractivity contribution in [1.29, 1.82) is 0 Å². The molecule has 0 bridgehead atoms. The molecule has 3 N–H and O–H groups in total. The molecule has 0 saturated heterocycles. The van der Waals surface area contributed by atoms with E-state index < -0.39 is 16.8 Å². The molecule has 0 saturated carbocycles. The van der Waals surface area contributed by atoms with Gasteiger partial charge in [-0.3, -0.25) is 0 Å². The van der Waals surface area contributed by atoms with E-state index in [1.54, 1.807) is 62.3 Å². The van der Waals surface area contributed by atoms with E-state index in [4.69, 9.17) is 15.3 Å². The first-order chi connectivity index (χ1) is 6.00. The zero-order valence-electron chi connectivity index (χ0n) is 12.8. The van der Waals surface area contributed by atoms with Crippen molar-refractivity contribution < 1.29 is 15.3 Å². The fraction of sp³-hybridized carbons (Fsp3) is 1.00. The summed E-state index contributed by atoms with van der Waals surface area (Å²) in [4.78, 5) is 0. The number of hydrogen-bond acceptors (Lipinski definition) is 3. The third-order valence-corrected chi connectivity index (χ3v) is 0. The van der Waals surface area contributed by atoms with Crippen molar-refractivity contribution in [2.24, 2.45) is 0 Å². The van der Waals surface area contributed by atoms with Gasteiger partial charge in [-0.2, -0.15) is 0 Å². The van der Waals surface area contributed by atoms with Crippen LogP contribution in [0, 0.1) is 0 Å². The van der Waals surface area contributed by atoms with Crippen molar-refractivity contribution in [2.45, 2.75) is 79.1 Å². The Kier molecular flexibility index (Phi) is 21.8. The smallest absolute Gasteiger partial charge is 0.187 e. The maximum atomic E-state index is 8.52. The first kappa shape index (κ1) is 30.8. The third-order valence-electron chi connectivity index (χ3n) is 0. The van der Waals surface area contributed by atoms with Gasteiger partial charge in [-0.25, -0.2) is 0 Å². The van der Waals surface area contributed by atoms with Gasteiger partial charge in [0.15, 0.2) is 17.4 Å². The van der Waals surface area contributed by atoms with E-state index in [0.29, 0.717) is 0 Å². The van der Waals surface area contributed by atoms with Gasteiger partial charge in [0.1, 0.15) is 0 Å². The third kappa shape index (κ3) is 3760. The molecule has 0 spiro atoms. The average molecular weight is 259 g/mol. The van der Waals surface area contributed by atoms with E-state index in [9.17, 15) is 0 Å².